The summed E-state index contributed by atoms with van der Waals surface area (Å²) in [6.45, 7) is 5.11. The molecule has 0 aliphatic carbocycles. The van der Waals surface area contributed by atoms with Gasteiger partial charge in [-0.25, -0.2) is 0 Å². The molecular weight excluding hydrogens is 394 g/mol. The van der Waals surface area contributed by atoms with Crippen LogP contribution in [-0.2, 0) is 13.0 Å². The van der Waals surface area contributed by atoms with Crippen molar-refractivity contribution in [1.29, 1.82) is 0 Å². The first-order valence-electron chi connectivity index (χ1n) is 6.92. The predicted octanol–water partition coefficient (Wildman–Crippen LogP) is 4.95. The van der Waals surface area contributed by atoms with Crippen molar-refractivity contribution in [2.75, 3.05) is 0 Å². The van der Waals surface area contributed by atoms with Crippen molar-refractivity contribution in [2.45, 2.75) is 32.9 Å². The molecule has 0 fully saturated rings. The number of nitrogens with one attached hydrogen (secondary N) is 1. The molecule has 112 valence electrons. The van der Waals surface area contributed by atoms with Gasteiger partial charge in [0.15, 0.2) is 0 Å². The van der Waals surface area contributed by atoms with Gasteiger partial charge >= 0.3 is 0 Å². The summed E-state index contributed by atoms with van der Waals surface area (Å²) in [5.41, 5.74) is 3.84. The van der Waals surface area contributed by atoms with Crippen molar-refractivity contribution in [2.24, 2.45) is 0 Å². The summed E-state index contributed by atoms with van der Waals surface area (Å²) in [4.78, 5) is 0. The highest BCUT2D eigenvalue weighted by molar-refractivity contribution is 9.11. The Kier molecular flexibility index (Phi) is 5.85. The maximum absolute atomic E-state index is 9.72. The molecule has 0 saturated carbocycles. The van der Waals surface area contributed by atoms with Gasteiger partial charge < -0.3 is 10.4 Å². The van der Waals surface area contributed by atoms with Crippen molar-refractivity contribution >= 4 is 31.9 Å². The molecule has 2 aromatic carbocycles. The number of aryl methyl sites for hydroxylation is 1. The summed E-state index contributed by atoms with van der Waals surface area (Å²) in [5.74, 6) is 0.242. The van der Waals surface area contributed by atoms with Crippen LogP contribution in [0.15, 0.2) is 45.3 Å². The van der Waals surface area contributed by atoms with Crippen LogP contribution < -0.4 is 5.32 Å². The number of phenolic OH excluding ortho intramolecular Hbond substituents is 1. The summed E-state index contributed by atoms with van der Waals surface area (Å²) in [7, 11) is 0. The fraction of sp³-hybridized carbons (Fsp3) is 0.294. The molecule has 0 spiro atoms. The average Bonchev–Trinajstić information content (AvgIpc) is 2.45. The minimum atomic E-state index is 0.242. The number of aromatic hydroxyl groups is 1. The topological polar surface area (TPSA) is 32.3 Å². The van der Waals surface area contributed by atoms with Gasteiger partial charge in [-0.1, -0.05) is 24.3 Å². The van der Waals surface area contributed by atoms with Crippen molar-refractivity contribution in [3.63, 3.8) is 0 Å². The van der Waals surface area contributed by atoms with Gasteiger partial charge in [0, 0.05) is 12.6 Å². The highest BCUT2D eigenvalue weighted by Gasteiger charge is 2.08. The maximum Gasteiger partial charge on any atom is 0.143 e. The lowest BCUT2D eigenvalue weighted by Crippen LogP contribution is -2.27. The van der Waals surface area contributed by atoms with E-state index in [1.54, 1.807) is 0 Å². The monoisotopic (exact) mass is 411 g/mol. The molecule has 0 bridgehead atoms. The number of hydrogen-bond donors (Lipinski definition) is 2. The van der Waals surface area contributed by atoms with Gasteiger partial charge in [-0.3, -0.25) is 0 Å². The zero-order valence-electron chi connectivity index (χ0n) is 12.2. The van der Waals surface area contributed by atoms with Gasteiger partial charge in [-0.2, -0.15) is 0 Å². The number of benzene rings is 2. The highest BCUT2D eigenvalue weighted by atomic mass is 79.9. The molecule has 0 heterocycles. The SMILES string of the molecule is Cc1ccccc1CC(C)NCc1cc(Br)c(O)c(Br)c1. The molecule has 2 nitrogen and oxygen atoms in total. The first-order valence-corrected chi connectivity index (χ1v) is 8.50. The fourth-order valence-electron chi connectivity index (χ4n) is 2.25. The van der Waals surface area contributed by atoms with Gasteiger partial charge in [0.05, 0.1) is 8.95 Å². The third-order valence-corrected chi connectivity index (χ3v) is 4.73. The number of halogens is 2. The van der Waals surface area contributed by atoms with Crippen LogP contribution in [0, 0.1) is 6.92 Å². The van der Waals surface area contributed by atoms with Gasteiger partial charge in [0.25, 0.3) is 0 Å². The highest BCUT2D eigenvalue weighted by Crippen LogP contribution is 2.33. The van der Waals surface area contributed by atoms with E-state index in [4.69, 9.17) is 0 Å². The molecule has 2 N–H and O–H groups in total. The standard InChI is InChI=1S/C17H19Br2NO/c1-11-5-3-4-6-14(11)7-12(2)20-10-13-8-15(18)17(21)16(19)9-13/h3-6,8-9,12,20-21H,7,10H2,1-2H3. The van der Waals surface area contributed by atoms with Crippen molar-refractivity contribution in [1.82, 2.24) is 5.32 Å². The molecule has 21 heavy (non-hydrogen) atoms. The van der Waals surface area contributed by atoms with Gasteiger partial charge in [0.2, 0.25) is 0 Å². The molecule has 0 aliphatic heterocycles. The minimum absolute atomic E-state index is 0.242. The number of rotatable bonds is 5. The molecule has 2 rings (SSSR count). The van der Waals surface area contributed by atoms with Crippen LogP contribution in [0.2, 0.25) is 0 Å². The molecule has 2 aromatic rings. The zero-order chi connectivity index (χ0) is 15.4. The molecule has 0 aromatic heterocycles. The lowest BCUT2D eigenvalue weighted by atomic mass is 10.0. The van der Waals surface area contributed by atoms with Gasteiger partial charge in [-0.15, -0.1) is 0 Å². The van der Waals surface area contributed by atoms with Crippen molar-refractivity contribution in [3.05, 3.63) is 62.0 Å². The van der Waals surface area contributed by atoms with E-state index in [9.17, 15) is 5.11 Å². The summed E-state index contributed by atoms with van der Waals surface area (Å²) in [5, 5.41) is 13.2. The van der Waals surface area contributed by atoms with E-state index in [0.717, 1.165) is 18.5 Å². The lowest BCUT2D eigenvalue weighted by Gasteiger charge is -2.16. The largest absolute Gasteiger partial charge is 0.506 e. The summed E-state index contributed by atoms with van der Waals surface area (Å²) in [6, 6.07) is 12.8. The Balaban J connectivity index is 1.95. The maximum atomic E-state index is 9.72. The smallest absolute Gasteiger partial charge is 0.143 e. The minimum Gasteiger partial charge on any atom is -0.506 e. The molecule has 0 aliphatic rings. The quantitative estimate of drug-likeness (QED) is 0.728. The Morgan fingerprint density at radius 1 is 1.14 bits per heavy atom. The van der Waals surface area contributed by atoms with Crippen LogP contribution in [0.4, 0.5) is 0 Å². The molecule has 0 saturated heterocycles. The Labute approximate surface area is 142 Å². The van der Waals surface area contributed by atoms with Gasteiger partial charge in [-0.05, 0) is 81.0 Å². The van der Waals surface area contributed by atoms with Crippen LogP contribution in [0.1, 0.15) is 23.6 Å². The Bertz CT molecular complexity index is 605. The van der Waals surface area contributed by atoms with E-state index in [2.05, 4.69) is 75.3 Å². The van der Waals surface area contributed by atoms with E-state index < -0.39 is 0 Å². The molecule has 0 radical (unpaired) electrons. The number of phenols is 1. The molecule has 4 heteroatoms. The van der Waals surface area contributed by atoms with Crippen molar-refractivity contribution in [3.8, 4) is 5.75 Å². The van der Waals surface area contributed by atoms with Crippen LogP contribution in [-0.4, -0.2) is 11.1 Å². The summed E-state index contributed by atoms with van der Waals surface area (Å²) < 4.78 is 1.42. The fourth-order valence-corrected chi connectivity index (χ4v) is 3.53. The summed E-state index contributed by atoms with van der Waals surface area (Å²) in [6.07, 6.45) is 1.01. The van der Waals surface area contributed by atoms with Crippen LogP contribution in [0.5, 0.6) is 5.75 Å². The van der Waals surface area contributed by atoms with Crippen LogP contribution in [0.3, 0.4) is 0 Å². The zero-order valence-corrected chi connectivity index (χ0v) is 15.3. The van der Waals surface area contributed by atoms with E-state index in [0.29, 0.717) is 15.0 Å². The average molecular weight is 413 g/mol. The predicted molar refractivity (Wildman–Crippen MR) is 94.7 cm³/mol. The first-order chi connectivity index (χ1) is 9.97. The Hall–Kier alpha value is -0.840. The van der Waals surface area contributed by atoms with Crippen LogP contribution >= 0.6 is 31.9 Å². The second-order valence-corrected chi connectivity index (χ2v) is 7.03. The van der Waals surface area contributed by atoms with E-state index in [-0.39, 0.29) is 5.75 Å². The van der Waals surface area contributed by atoms with Crippen LogP contribution in [0.25, 0.3) is 0 Å². The molecule has 1 unspecified atom stereocenters. The van der Waals surface area contributed by atoms with Gasteiger partial charge in [0.1, 0.15) is 5.75 Å². The normalized spacial score (nSPS) is 12.4. The van der Waals surface area contributed by atoms with E-state index >= 15 is 0 Å². The second kappa shape index (κ2) is 7.43. The second-order valence-electron chi connectivity index (χ2n) is 5.32. The Morgan fingerprint density at radius 3 is 2.38 bits per heavy atom. The first kappa shape index (κ1) is 16.5. The Morgan fingerprint density at radius 2 is 1.76 bits per heavy atom. The van der Waals surface area contributed by atoms with Crippen molar-refractivity contribution < 1.29 is 5.11 Å². The molecule has 1 atom stereocenters. The summed E-state index contributed by atoms with van der Waals surface area (Å²) >= 11 is 6.72. The lowest BCUT2D eigenvalue weighted by molar-refractivity contribution is 0.467. The third kappa shape index (κ3) is 4.56. The molecule has 0 amide bonds. The van der Waals surface area contributed by atoms with E-state index in [1.807, 2.05) is 12.1 Å². The third-order valence-electron chi connectivity index (χ3n) is 3.52. The molecular formula is C17H19Br2NO. The number of hydrogen-bond acceptors (Lipinski definition) is 2. The van der Waals surface area contributed by atoms with E-state index in [1.165, 1.54) is 11.1 Å².